The molecule has 7 aromatic carbocycles. The molecule has 4 nitrogen and oxygen atoms in total. The van der Waals surface area contributed by atoms with Gasteiger partial charge in [0, 0.05) is 39.5 Å². The van der Waals surface area contributed by atoms with Crippen LogP contribution in [-0.4, -0.2) is 4.98 Å². The van der Waals surface area contributed by atoms with E-state index < -0.39 is 0 Å². The van der Waals surface area contributed by atoms with E-state index in [1.54, 1.807) is 0 Å². The second kappa shape index (κ2) is 11.2. The SMILES string of the molecule is c1ccc(-c2ccc(N(c3cccc(-c4ccccc4)c3)c3ccc4oc5cc6oc(-c7ccccc7)nc6cc5c4c3)cc2)cc1. The van der Waals surface area contributed by atoms with E-state index in [4.69, 9.17) is 13.8 Å². The number of hydrogen-bond acceptors (Lipinski definition) is 4. The molecule has 9 aromatic rings. The fourth-order valence-electron chi connectivity index (χ4n) is 6.37. The highest BCUT2D eigenvalue weighted by Gasteiger charge is 2.18. The molecule has 0 atom stereocenters. The summed E-state index contributed by atoms with van der Waals surface area (Å²) in [6, 6.07) is 58.8. The van der Waals surface area contributed by atoms with E-state index in [0.29, 0.717) is 11.5 Å². The van der Waals surface area contributed by atoms with Crippen LogP contribution < -0.4 is 4.90 Å². The van der Waals surface area contributed by atoms with E-state index in [0.717, 1.165) is 55.6 Å². The van der Waals surface area contributed by atoms with Crippen molar-refractivity contribution in [2.75, 3.05) is 4.90 Å². The van der Waals surface area contributed by atoms with Gasteiger partial charge >= 0.3 is 0 Å². The molecule has 0 N–H and O–H groups in total. The molecule has 2 heterocycles. The normalized spacial score (nSPS) is 11.4. The molecular formula is C43H28N2O2. The highest BCUT2D eigenvalue weighted by atomic mass is 16.4. The molecule has 0 saturated heterocycles. The minimum Gasteiger partial charge on any atom is -0.456 e. The zero-order chi connectivity index (χ0) is 31.2. The van der Waals surface area contributed by atoms with Gasteiger partial charge in [0.25, 0.3) is 0 Å². The van der Waals surface area contributed by atoms with Crippen molar-refractivity contribution in [3.05, 3.63) is 170 Å². The predicted octanol–water partition coefficient (Wildman–Crippen LogP) is 12.2. The Bertz CT molecular complexity index is 2500. The Morgan fingerprint density at radius 1 is 0.362 bits per heavy atom. The van der Waals surface area contributed by atoms with Gasteiger partial charge in [0.15, 0.2) is 5.58 Å². The smallest absolute Gasteiger partial charge is 0.227 e. The summed E-state index contributed by atoms with van der Waals surface area (Å²) in [7, 11) is 0. The summed E-state index contributed by atoms with van der Waals surface area (Å²) >= 11 is 0. The highest BCUT2D eigenvalue weighted by molar-refractivity contribution is 6.10. The largest absolute Gasteiger partial charge is 0.456 e. The zero-order valence-electron chi connectivity index (χ0n) is 25.4. The molecule has 2 aromatic heterocycles. The molecule has 4 heteroatoms. The van der Waals surface area contributed by atoms with Crippen LogP contribution >= 0.6 is 0 Å². The van der Waals surface area contributed by atoms with Gasteiger partial charge in [-0.3, -0.25) is 0 Å². The number of nitrogens with zero attached hydrogens (tertiary/aromatic N) is 2. The van der Waals surface area contributed by atoms with Gasteiger partial charge in [0.05, 0.1) is 0 Å². The third-order valence-corrected chi connectivity index (χ3v) is 8.69. The van der Waals surface area contributed by atoms with E-state index in [-0.39, 0.29) is 0 Å². The Morgan fingerprint density at radius 2 is 0.936 bits per heavy atom. The van der Waals surface area contributed by atoms with Crippen LogP contribution in [0.3, 0.4) is 0 Å². The van der Waals surface area contributed by atoms with Gasteiger partial charge in [-0.15, -0.1) is 0 Å². The summed E-state index contributed by atoms with van der Waals surface area (Å²) in [4.78, 5) is 7.13. The molecule has 9 rings (SSSR count). The second-order valence-corrected chi connectivity index (χ2v) is 11.6. The van der Waals surface area contributed by atoms with Crippen LogP contribution in [0.5, 0.6) is 0 Å². The lowest BCUT2D eigenvalue weighted by Crippen LogP contribution is -2.10. The first kappa shape index (κ1) is 27.0. The molecule has 0 unspecified atom stereocenters. The van der Waals surface area contributed by atoms with Crippen LogP contribution in [0.15, 0.2) is 179 Å². The molecular weight excluding hydrogens is 576 g/mol. The third-order valence-electron chi connectivity index (χ3n) is 8.69. The van der Waals surface area contributed by atoms with Gasteiger partial charge in [-0.1, -0.05) is 103 Å². The van der Waals surface area contributed by atoms with Gasteiger partial charge in [-0.05, 0) is 82.9 Å². The Labute approximate surface area is 271 Å². The number of fused-ring (bicyclic) bond motifs is 4. The number of aromatic nitrogens is 1. The number of hydrogen-bond donors (Lipinski definition) is 0. The minimum absolute atomic E-state index is 0.599. The monoisotopic (exact) mass is 604 g/mol. The maximum Gasteiger partial charge on any atom is 0.227 e. The predicted molar refractivity (Wildman–Crippen MR) is 192 cm³/mol. The Kier molecular flexibility index (Phi) is 6.43. The van der Waals surface area contributed by atoms with Crippen molar-refractivity contribution in [3.8, 4) is 33.7 Å². The van der Waals surface area contributed by atoms with Gasteiger partial charge in [0.2, 0.25) is 5.89 Å². The number of benzene rings is 7. The lowest BCUT2D eigenvalue weighted by molar-refractivity contribution is 0.617. The molecule has 0 radical (unpaired) electrons. The van der Waals surface area contributed by atoms with Crippen molar-refractivity contribution in [2.24, 2.45) is 0 Å². The maximum atomic E-state index is 6.36. The van der Waals surface area contributed by atoms with Crippen LogP contribution in [0.25, 0.3) is 66.7 Å². The summed E-state index contributed by atoms with van der Waals surface area (Å²) in [6.07, 6.45) is 0. The molecule has 0 aliphatic heterocycles. The number of anilines is 3. The Morgan fingerprint density at radius 3 is 1.66 bits per heavy atom. The lowest BCUT2D eigenvalue weighted by Gasteiger charge is -2.26. The zero-order valence-corrected chi connectivity index (χ0v) is 25.4. The first-order valence-electron chi connectivity index (χ1n) is 15.7. The Balaban J connectivity index is 1.19. The van der Waals surface area contributed by atoms with Crippen LogP contribution in [0.1, 0.15) is 0 Å². The summed E-state index contributed by atoms with van der Waals surface area (Å²) in [6.45, 7) is 0. The molecule has 0 fully saturated rings. The van der Waals surface area contributed by atoms with Gasteiger partial charge in [-0.25, -0.2) is 4.98 Å². The molecule has 47 heavy (non-hydrogen) atoms. The number of rotatable bonds is 6. The number of furan rings is 1. The van der Waals surface area contributed by atoms with E-state index in [9.17, 15) is 0 Å². The molecule has 0 bridgehead atoms. The minimum atomic E-state index is 0.599. The topological polar surface area (TPSA) is 42.4 Å². The fourth-order valence-corrected chi connectivity index (χ4v) is 6.37. The molecule has 0 amide bonds. The summed E-state index contributed by atoms with van der Waals surface area (Å²) < 4.78 is 12.5. The van der Waals surface area contributed by atoms with E-state index in [2.05, 4.69) is 126 Å². The van der Waals surface area contributed by atoms with E-state index in [1.807, 2.05) is 48.5 Å². The molecule has 0 aliphatic carbocycles. The summed E-state index contributed by atoms with van der Waals surface area (Å²) in [5.74, 6) is 0.599. The summed E-state index contributed by atoms with van der Waals surface area (Å²) in [5.41, 5.74) is 11.9. The van der Waals surface area contributed by atoms with Crippen molar-refractivity contribution < 1.29 is 8.83 Å². The van der Waals surface area contributed by atoms with Gasteiger partial charge in [0.1, 0.15) is 16.7 Å². The van der Waals surface area contributed by atoms with Crippen molar-refractivity contribution in [3.63, 3.8) is 0 Å². The third kappa shape index (κ3) is 4.93. The van der Waals surface area contributed by atoms with Crippen molar-refractivity contribution >= 4 is 50.1 Å². The molecule has 0 saturated carbocycles. The van der Waals surface area contributed by atoms with E-state index >= 15 is 0 Å². The first-order valence-corrected chi connectivity index (χ1v) is 15.7. The first-order chi connectivity index (χ1) is 23.3. The average molecular weight is 605 g/mol. The van der Waals surface area contributed by atoms with E-state index in [1.165, 1.54) is 16.7 Å². The average Bonchev–Trinajstić information content (AvgIpc) is 3.73. The molecule has 0 spiro atoms. The molecule has 222 valence electrons. The summed E-state index contributed by atoms with van der Waals surface area (Å²) in [5, 5.41) is 2.02. The second-order valence-electron chi connectivity index (χ2n) is 11.6. The fraction of sp³-hybridized carbons (Fsp3) is 0. The van der Waals surface area contributed by atoms with Crippen molar-refractivity contribution in [2.45, 2.75) is 0 Å². The van der Waals surface area contributed by atoms with Crippen molar-refractivity contribution in [1.29, 1.82) is 0 Å². The number of oxazole rings is 1. The molecule has 0 aliphatic rings. The standard InChI is InChI=1S/C43H28N2O2/c1-4-11-29(12-5-1)31-19-21-34(22-20-31)45(35-18-10-17-33(25-35)30-13-6-2-7-14-30)36-23-24-40-37(26-36)38-27-39-42(28-41(38)46-40)47-43(44-39)32-15-8-3-9-16-32/h1-28H. The van der Waals surface area contributed by atoms with Crippen LogP contribution in [0, 0.1) is 0 Å². The quantitative estimate of drug-likeness (QED) is 0.189. The highest BCUT2D eigenvalue weighted by Crippen LogP contribution is 2.41. The van der Waals surface area contributed by atoms with Crippen LogP contribution in [0.2, 0.25) is 0 Å². The maximum absolute atomic E-state index is 6.36. The Hall–Kier alpha value is -6.39. The van der Waals surface area contributed by atoms with Crippen LogP contribution in [-0.2, 0) is 0 Å². The van der Waals surface area contributed by atoms with Crippen LogP contribution in [0.4, 0.5) is 17.1 Å². The van der Waals surface area contributed by atoms with Crippen molar-refractivity contribution in [1.82, 2.24) is 4.98 Å². The van der Waals surface area contributed by atoms with Gasteiger partial charge in [-0.2, -0.15) is 0 Å². The lowest BCUT2D eigenvalue weighted by atomic mass is 10.0. The van der Waals surface area contributed by atoms with Gasteiger partial charge < -0.3 is 13.7 Å².